The molecule has 0 spiro atoms. The van der Waals surface area contributed by atoms with E-state index < -0.39 is 10.3 Å². The van der Waals surface area contributed by atoms with Crippen molar-refractivity contribution < 1.29 is 50.4 Å². The maximum Gasteiger partial charge on any atom is 0.369 e. The number of anilines is 8. The molecule has 8 aromatic carbocycles. The van der Waals surface area contributed by atoms with Crippen LogP contribution in [0.3, 0.4) is 0 Å². The van der Waals surface area contributed by atoms with Gasteiger partial charge >= 0.3 is 13.5 Å². The number of hydrogen-bond donors (Lipinski definition) is 8. The van der Waals surface area contributed by atoms with Crippen LogP contribution in [0.15, 0.2) is 164 Å². The number of aromatic nitrogens is 16. The Kier molecular flexibility index (Phi) is 39.2. The number of hydrogen-bond acceptors (Lipinski definition) is 33. The van der Waals surface area contributed by atoms with E-state index in [1.54, 1.807) is 50.6 Å². The van der Waals surface area contributed by atoms with Gasteiger partial charge in [-0.2, -0.15) is 8.42 Å². The van der Waals surface area contributed by atoms with Crippen LogP contribution in [0.1, 0.15) is 93.8 Å². The second kappa shape index (κ2) is 50.4. The van der Waals surface area contributed by atoms with Crippen molar-refractivity contribution >= 4 is 186 Å². The smallest absolute Gasteiger partial charge is 0.369 e. The predicted molar refractivity (Wildman–Crippen MR) is 540 cm³/mol. The highest BCUT2D eigenvalue weighted by atomic mass is 79.9. The Morgan fingerprint density at radius 1 is 0.425 bits per heavy atom. The summed E-state index contributed by atoms with van der Waals surface area (Å²) >= 11 is 24.4. The number of aryl methyl sites for hydroxylation is 12. The number of benzene rings is 8. The third kappa shape index (κ3) is 30.8. The van der Waals surface area contributed by atoms with E-state index in [1.807, 2.05) is 180 Å². The van der Waals surface area contributed by atoms with Gasteiger partial charge in [0.15, 0.2) is 0 Å². The van der Waals surface area contributed by atoms with Gasteiger partial charge in [-0.15, -0.1) is 123 Å². The summed E-state index contributed by atoms with van der Waals surface area (Å²) in [5.74, 6) is 8.09. The van der Waals surface area contributed by atoms with Gasteiger partial charge in [0.2, 0.25) is 23.8 Å². The molecule has 0 amide bonds. The average molecular weight is 2100 g/mol. The first-order valence-electron chi connectivity index (χ1n) is 41.8. The minimum atomic E-state index is -4.17. The summed E-state index contributed by atoms with van der Waals surface area (Å²) in [7, 11) is -0.899. The van der Waals surface area contributed by atoms with E-state index >= 15 is 0 Å². The molecule has 2 aliphatic heterocycles. The molecule has 0 saturated carbocycles. The monoisotopic (exact) mass is 2090 g/mol. The Morgan fingerprint density at radius 2 is 0.701 bits per heavy atom. The van der Waals surface area contributed by atoms with Gasteiger partial charge in [-0.3, -0.25) is 9.45 Å². The highest BCUT2D eigenvalue weighted by molar-refractivity contribution is 9.69. The number of phenolic OH excluding ortho intramolecular Hbond substituents is 1. The number of ether oxygens (including phenoxy) is 3. The zero-order valence-corrected chi connectivity index (χ0v) is 84.0. The normalized spacial score (nSPS) is 12.1. The van der Waals surface area contributed by atoms with E-state index in [0.717, 1.165) is 205 Å². The van der Waals surface area contributed by atoms with Gasteiger partial charge < -0.3 is 69.7 Å². The lowest BCUT2D eigenvalue weighted by Crippen LogP contribution is -2.25. The van der Waals surface area contributed by atoms with Crippen LogP contribution in [0.5, 0.6) is 23.0 Å². The molecule has 2 saturated heterocycles. The van der Waals surface area contributed by atoms with E-state index in [1.165, 1.54) is 51.9 Å². The van der Waals surface area contributed by atoms with Crippen LogP contribution in [0.2, 0.25) is 0 Å². The number of nitrogens with zero attached hydrogens (tertiary/aromatic N) is 18. The highest BCUT2D eigenvalue weighted by Crippen LogP contribution is 2.37. The van der Waals surface area contributed by atoms with Crippen LogP contribution in [0, 0.1) is 83.1 Å². The van der Waals surface area contributed by atoms with E-state index in [0.29, 0.717) is 35.5 Å². The maximum absolute atomic E-state index is 9.36. The molecular weight excluding hydrogens is 1990 g/mol. The molecular formula is C91H103BBr3Cl3N24O11S. The summed E-state index contributed by atoms with van der Waals surface area (Å²) in [5, 5.41) is 72.6. The Labute approximate surface area is 815 Å². The summed E-state index contributed by atoms with van der Waals surface area (Å²) in [4.78, 5) is 23.0. The largest absolute Gasteiger partial charge is 0.508 e. The summed E-state index contributed by atoms with van der Waals surface area (Å²) in [6, 6.07) is 45.4. The Balaban J connectivity index is 0.000000169. The number of halogens is 6. The highest BCUT2D eigenvalue weighted by Gasteiger charge is 2.22. The first-order chi connectivity index (χ1) is 64.1. The van der Waals surface area contributed by atoms with Crippen molar-refractivity contribution in [2.45, 2.75) is 109 Å². The average Bonchev–Trinajstić information content (AvgIpc) is 1.42. The quantitative estimate of drug-likeness (QED) is 0.0130. The number of rotatable bonds is 18. The van der Waals surface area contributed by atoms with Crippen LogP contribution in [-0.4, -0.2) is 184 Å². The van der Waals surface area contributed by atoms with E-state index in [4.69, 9.17) is 96.5 Å². The van der Waals surface area contributed by atoms with Crippen molar-refractivity contribution in [3.8, 4) is 67.5 Å². The first-order valence-corrected chi connectivity index (χ1v) is 47.7. The lowest BCUT2D eigenvalue weighted by molar-refractivity contribution is 0.238. The number of fused-ring (bicyclic) bond motifs is 4. The molecule has 704 valence electrons. The fraction of sp³-hybridized carbons (Fsp3) is 0.297. The third-order valence-corrected chi connectivity index (χ3v) is 20.6. The van der Waals surface area contributed by atoms with Crippen LogP contribution >= 0.6 is 82.1 Å². The van der Waals surface area contributed by atoms with Crippen LogP contribution < -0.4 is 46.8 Å². The topological polar surface area (TPSA) is 482 Å². The molecule has 11 N–H and O–H groups in total. The molecule has 134 heavy (non-hydrogen) atoms. The zero-order valence-electron chi connectivity index (χ0n) is 76.2. The predicted octanol–water partition coefficient (Wildman–Crippen LogP) is 20.3. The molecule has 0 bridgehead atoms. The van der Waals surface area contributed by atoms with Crippen molar-refractivity contribution in [3.05, 3.63) is 214 Å². The van der Waals surface area contributed by atoms with Crippen molar-refractivity contribution in [1.82, 2.24) is 91.2 Å². The second-order valence-corrected chi connectivity index (χ2v) is 39.1. The lowest BCUT2D eigenvalue weighted by atomic mass is 10.0. The molecule has 0 radical (unpaired) electrons. The minimum absolute atomic E-state index is 0.181. The molecule has 0 atom stereocenters. The van der Waals surface area contributed by atoms with E-state index in [9.17, 15) is 5.11 Å². The number of nitrogens with two attached hydrogens (primary N) is 3. The van der Waals surface area contributed by atoms with Crippen molar-refractivity contribution in [1.29, 1.82) is 0 Å². The summed E-state index contributed by atoms with van der Waals surface area (Å²) in [6.45, 7) is 31.0. The summed E-state index contributed by atoms with van der Waals surface area (Å²) in [5.41, 5.74) is 35.7. The standard InChI is InChI=1S/C25H28N6O2.C20H19N5O2.C19H17N5O2.C13H13N5O.C7H9NO.C6H12ClN.CH2Cl2.BBr3.H3NO3S/c1-16-14-19(23-17(2)30-33-18(23)3)15-22-24(16)27-25(29-28-22)26-20-6-8-21(9-7-20)32-13-12-31-10-4-5-11-31;1-11-9-14(18-12(2)25-27-13(18)3)10-17-19(11)22-20(24-23-17)21-15-5-7-16(26-4)8-6-15;1-10-8-13(17-11(2)24-26-12(17)3)9-16-18(10)21-19(23-22-16)20-14-4-6-15(25)7-5-14;1-6-4-9(11-7(2)18-19-8(11)3)5-10-12(6)15-13(14)17-16-10;1-9-7-4-2-6(8)3-5-7;7-3-6-8-4-1-2-5-8;2-1-3;2-1(3)4;1-5(2,3)4/h6-9,14-15H,4-5,10-13H2,1-3H3,(H,26,27,29);5-10H,1-4H3,(H,21,22,24);4-9,25H,1-3H3,(H,20,21,23);4-5H,1-3H3,(H2,14,15,17);2-5H,8H2,1H3;1-6H2;1H2;;(H3,1,2,3,4). The molecule has 35 nitrogen and oxygen atoms in total. The maximum atomic E-state index is 9.36. The fourth-order valence-corrected chi connectivity index (χ4v) is 14.7. The number of aromatic hydroxyl groups is 1. The van der Waals surface area contributed by atoms with E-state index in [2.05, 4.69) is 167 Å². The Hall–Kier alpha value is -12.0. The van der Waals surface area contributed by atoms with Gasteiger partial charge in [-0.1, -0.05) is 20.6 Å². The second-order valence-electron chi connectivity index (χ2n) is 30.5. The third-order valence-electron chi connectivity index (χ3n) is 20.5. The lowest BCUT2D eigenvalue weighted by Gasteiger charge is -2.15. The molecule has 8 aromatic heterocycles. The minimum Gasteiger partial charge on any atom is -0.508 e. The Morgan fingerprint density at radius 3 is 0.993 bits per heavy atom. The molecule has 10 heterocycles. The molecule has 0 unspecified atom stereocenters. The Bertz CT molecular complexity index is 6580. The molecule has 2 aliphatic rings. The number of nitrogen functional groups attached to an aromatic ring is 2. The van der Waals surface area contributed by atoms with E-state index in [-0.39, 0.29) is 20.2 Å². The summed E-state index contributed by atoms with van der Waals surface area (Å²) in [6.07, 6.45) is 5.34. The van der Waals surface area contributed by atoms with Gasteiger partial charge in [0.05, 0.1) is 64.4 Å². The molecule has 43 heteroatoms. The van der Waals surface area contributed by atoms with Gasteiger partial charge in [0.25, 0.3) is 0 Å². The van der Waals surface area contributed by atoms with Crippen molar-refractivity contribution in [3.63, 3.8) is 0 Å². The molecule has 16 aromatic rings. The number of phenols is 1. The zero-order chi connectivity index (χ0) is 96.9. The fourth-order valence-electron chi connectivity index (χ4n) is 14.4. The van der Waals surface area contributed by atoms with Gasteiger partial charge in [-0.25, -0.2) is 25.1 Å². The van der Waals surface area contributed by atoms with Crippen LogP contribution in [-0.2, 0) is 10.3 Å². The molecule has 2 fully saturated rings. The van der Waals surface area contributed by atoms with Crippen molar-refractivity contribution in [2.75, 3.05) is 98.7 Å². The number of alkyl halides is 3. The molecule has 0 aliphatic carbocycles. The first kappa shape index (κ1) is 104. The molecule has 18 rings (SSSR count). The van der Waals surface area contributed by atoms with Gasteiger partial charge in [0, 0.05) is 64.0 Å². The van der Waals surface area contributed by atoms with Crippen LogP contribution in [0.25, 0.3) is 88.6 Å². The SMILES string of the molecule is BrB(Br)Br.COc1ccc(N)cc1.COc1ccc(Nc2nnc3cc(-c4c(C)noc4C)cc(C)c3n2)cc1.Cc1noc(C)c1-c1cc(C)c2nc(N)nnc2c1.Cc1noc(C)c1-c1cc(C)c2nc(Nc3ccc(O)cc3)nnc2c1.Cc1noc(C)c1-c1cc(C)c2nc(Nc3ccc(OCCN4CCCC4)cc3)nnc2c1.ClCCN1CCCC1.ClCCl.NS(=O)(=O)O. The number of nitrogens with one attached hydrogen (secondary N) is 3. The summed E-state index contributed by atoms with van der Waals surface area (Å²) < 4.78 is 62.5. The van der Waals surface area contributed by atoms with Gasteiger partial charge in [-0.05, 0) is 325 Å². The van der Waals surface area contributed by atoms with Crippen molar-refractivity contribution in [2.24, 2.45) is 5.14 Å². The van der Waals surface area contributed by atoms with Crippen LogP contribution in [0.4, 0.5) is 46.5 Å². The van der Waals surface area contributed by atoms with Gasteiger partial charge in [0.1, 0.15) is 74.7 Å². The number of likely N-dealkylation sites (tertiary alicyclic amines) is 2. The number of methoxy groups -OCH3 is 2.